The van der Waals surface area contributed by atoms with Gasteiger partial charge < -0.3 is 0 Å². The molecule has 0 saturated heterocycles. The van der Waals surface area contributed by atoms with Crippen molar-refractivity contribution >= 4 is 31.5 Å². The maximum absolute atomic E-state index is 9.17. The van der Waals surface area contributed by atoms with Crippen LogP contribution in [-0.2, 0) is 7.05 Å². The van der Waals surface area contributed by atoms with E-state index in [1.807, 2.05) is 18.2 Å². The average Bonchev–Trinajstić information content (AvgIpc) is 2.93. The third-order valence-corrected chi connectivity index (χ3v) is 5.49. The molecular weight excluding hydrogens is 300 g/mol. The second kappa shape index (κ2) is 5.19. The van der Waals surface area contributed by atoms with Crippen LogP contribution >= 0.6 is 11.3 Å². The van der Waals surface area contributed by atoms with Crippen molar-refractivity contribution in [1.29, 1.82) is 5.26 Å². The molecule has 4 aromatic rings. The average molecular weight is 315 g/mol. The van der Waals surface area contributed by atoms with Crippen LogP contribution in [0.5, 0.6) is 0 Å². The third-order valence-electron chi connectivity index (χ3n) is 4.29. The minimum atomic E-state index is 0.713. The van der Waals surface area contributed by atoms with Gasteiger partial charge in [0, 0.05) is 32.3 Å². The second-order valence-electron chi connectivity index (χ2n) is 5.76. The van der Waals surface area contributed by atoms with Gasteiger partial charge in [0.2, 0.25) is 5.69 Å². The van der Waals surface area contributed by atoms with Crippen molar-refractivity contribution in [2.24, 2.45) is 7.05 Å². The molecule has 110 valence electrons. The first-order valence-corrected chi connectivity index (χ1v) is 8.31. The summed E-state index contributed by atoms with van der Waals surface area (Å²) < 4.78 is 4.67. The molecule has 0 aliphatic rings. The number of pyridine rings is 1. The van der Waals surface area contributed by atoms with Crippen molar-refractivity contribution in [2.75, 3.05) is 0 Å². The van der Waals surface area contributed by atoms with Gasteiger partial charge in [0.05, 0.1) is 17.2 Å². The molecular formula is C20H15N2S+. The van der Waals surface area contributed by atoms with Crippen LogP contribution in [0.4, 0.5) is 0 Å². The van der Waals surface area contributed by atoms with Gasteiger partial charge >= 0.3 is 0 Å². The van der Waals surface area contributed by atoms with E-state index in [0.29, 0.717) is 5.56 Å². The second-order valence-corrected chi connectivity index (χ2v) is 6.81. The fourth-order valence-corrected chi connectivity index (χ4v) is 4.40. The van der Waals surface area contributed by atoms with E-state index in [4.69, 9.17) is 5.26 Å². The quantitative estimate of drug-likeness (QED) is 0.467. The van der Waals surface area contributed by atoms with Crippen LogP contribution in [0.2, 0.25) is 0 Å². The summed E-state index contributed by atoms with van der Waals surface area (Å²) in [5.41, 5.74) is 4.48. The molecule has 0 atom stereocenters. The molecule has 0 fully saturated rings. The fourth-order valence-electron chi connectivity index (χ4n) is 3.11. The highest BCUT2D eigenvalue weighted by Crippen LogP contribution is 2.40. The van der Waals surface area contributed by atoms with E-state index in [1.165, 1.54) is 37.0 Å². The summed E-state index contributed by atoms with van der Waals surface area (Å²) in [7, 11) is 2.08. The van der Waals surface area contributed by atoms with Gasteiger partial charge in [-0.05, 0) is 36.8 Å². The molecule has 3 heteroatoms. The van der Waals surface area contributed by atoms with Gasteiger partial charge in [-0.15, -0.1) is 11.3 Å². The molecule has 0 aliphatic heterocycles. The number of rotatable bonds is 1. The molecule has 0 amide bonds. The number of hydrogen-bond donors (Lipinski definition) is 0. The minimum absolute atomic E-state index is 0.713. The van der Waals surface area contributed by atoms with Crippen molar-refractivity contribution in [3.8, 4) is 17.3 Å². The van der Waals surface area contributed by atoms with E-state index < -0.39 is 0 Å². The zero-order valence-electron chi connectivity index (χ0n) is 13.0. The van der Waals surface area contributed by atoms with Crippen LogP contribution in [0.25, 0.3) is 31.4 Å². The predicted molar refractivity (Wildman–Crippen MR) is 95.4 cm³/mol. The Kier molecular flexibility index (Phi) is 3.14. The number of hydrogen-bond acceptors (Lipinski definition) is 2. The van der Waals surface area contributed by atoms with Gasteiger partial charge in [-0.25, -0.2) is 4.57 Å². The maximum Gasteiger partial charge on any atom is 0.213 e. The number of nitriles is 1. The lowest BCUT2D eigenvalue weighted by Gasteiger charge is -2.05. The molecule has 0 spiro atoms. The van der Waals surface area contributed by atoms with Crippen LogP contribution in [0.3, 0.4) is 0 Å². The van der Waals surface area contributed by atoms with Crippen molar-refractivity contribution < 1.29 is 4.57 Å². The van der Waals surface area contributed by atoms with E-state index in [1.54, 1.807) is 11.3 Å². The largest absolute Gasteiger partial charge is 0.213 e. The standard InChI is InChI=1S/C20H15N2S/c1-13-6-8-15-16-11-14(12-21)7-9-18(16)23-20(15)19(13)17-5-3-4-10-22(17)2/h3-11H,1-2H3/q+1. The summed E-state index contributed by atoms with van der Waals surface area (Å²) >= 11 is 1.80. The monoisotopic (exact) mass is 315 g/mol. The van der Waals surface area contributed by atoms with Gasteiger partial charge in [0.1, 0.15) is 7.05 Å². The minimum Gasteiger partial charge on any atom is -0.201 e. The number of aromatic nitrogens is 1. The number of fused-ring (bicyclic) bond motifs is 3. The summed E-state index contributed by atoms with van der Waals surface area (Å²) in [6, 6.07) is 18.8. The van der Waals surface area contributed by atoms with Crippen molar-refractivity contribution in [3.63, 3.8) is 0 Å². The molecule has 0 aliphatic carbocycles. The van der Waals surface area contributed by atoms with Crippen LogP contribution < -0.4 is 4.57 Å². The Morgan fingerprint density at radius 1 is 1.04 bits per heavy atom. The van der Waals surface area contributed by atoms with E-state index in [0.717, 1.165) is 0 Å². The van der Waals surface area contributed by atoms with Gasteiger partial charge in [-0.1, -0.05) is 12.1 Å². The summed E-state index contributed by atoms with van der Waals surface area (Å²) in [6.07, 6.45) is 2.08. The molecule has 0 unspecified atom stereocenters. The lowest BCUT2D eigenvalue weighted by Crippen LogP contribution is -2.30. The molecule has 2 heterocycles. The number of nitrogens with zero attached hydrogens (tertiary/aromatic N) is 2. The van der Waals surface area contributed by atoms with Crippen LogP contribution in [0.1, 0.15) is 11.1 Å². The van der Waals surface area contributed by atoms with Crippen molar-refractivity contribution in [2.45, 2.75) is 6.92 Å². The summed E-state index contributed by atoms with van der Waals surface area (Å²) in [6.45, 7) is 2.16. The Labute approximate surface area is 138 Å². The lowest BCUT2D eigenvalue weighted by molar-refractivity contribution is -0.660. The molecule has 2 aromatic carbocycles. The Hall–Kier alpha value is -2.70. The highest BCUT2D eigenvalue weighted by Gasteiger charge is 2.18. The fraction of sp³-hybridized carbons (Fsp3) is 0.100. The summed E-state index contributed by atoms with van der Waals surface area (Å²) in [5, 5.41) is 11.6. The third kappa shape index (κ3) is 2.11. The molecule has 0 N–H and O–H groups in total. The van der Waals surface area contributed by atoms with Crippen LogP contribution in [-0.4, -0.2) is 0 Å². The van der Waals surface area contributed by atoms with Gasteiger partial charge in [0.25, 0.3) is 0 Å². The van der Waals surface area contributed by atoms with E-state index in [9.17, 15) is 0 Å². The zero-order chi connectivity index (χ0) is 16.0. The summed E-state index contributed by atoms with van der Waals surface area (Å²) in [5.74, 6) is 0. The molecule has 0 bridgehead atoms. The number of aryl methyl sites for hydroxylation is 2. The smallest absolute Gasteiger partial charge is 0.201 e. The SMILES string of the molecule is Cc1ccc2c(sc3ccc(C#N)cc32)c1-c1cccc[n+]1C. The van der Waals surface area contributed by atoms with Crippen LogP contribution in [0.15, 0.2) is 54.7 Å². The molecule has 2 nitrogen and oxygen atoms in total. The van der Waals surface area contributed by atoms with Crippen LogP contribution in [0, 0.1) is 18.3 Å². The Balaban J connectivity index is 2.15. The molecule has 4 rings (SSSR count). The zero-order valence-corrected chi connectivity index (χ0v) is 13.8. The molecule has 23 heavy (non-hydrogen) atoms. The van der Waals surface area contributed by atoms with Gasteiger partial charge in [0.15, 0.2) is 6.20 Å². The topological polar surface area (TPSA) is 27.7 Å². The Morgan fingerprint density at radius 3 is 2.70 bits per heavy atom. The van der Waals surface area contributed by atoms with Crippen molar-refractivity contribution in [1.82, 2.24) is 0 Å². The van der Waals surface area contributed by atoms with Crippen molar-refractivity contribution in [3.05, 3.63) is 65.9 Å². The van der Waals surface area contributed by atoms with Gasteiger partial charge in [-0.3, -0.25) is 0 Å². The molecule has 0 radical (unpaired) electrons. The van der Waals surface area contributed by atoms with Gasteiger partial charge in [-0.2, -0.15) is 5.26 Å². The number of thiophene rings is 1. The molecule has 2 aromatic heterocycles. The highest BCUT2D eigenvalue weighted by molar-refractivity contribution is 7.26. The maximum atomic E-state index is 9.17. The highest BCUT2D eigenvalue weighted by atomic mass is 32.1. The van der Waals surface area contributed by atoms with E-state index in [-0.39, 0.29) is 0 Å². The first kappa shape index (κ1) is 13.9. The van der Waals surface area contributed by atoms with E-state index in [2.05, 4.69) is 61.1 Å². The lowest BCUT2D eigenvalue weighted by atomic mass is 10.0. The Bertz CT molecular complexity index is 1100. The number of benzene rings is 2. The Morgan fingerprint density at radius 2 is 1.91 bits per heavy atom. The first-order valence-electron chi connectivity index (χ1n) is 7.50. The van der Waals surface area contributed by atoms with E-state index >= 15 is 0 Å². The normalized spacial score (nSPS) is 11.0. The predicted octanol–water partition coefficient (Wildman–Crippen LogP) is 4.73. The first-order chi connectivity index (χ1) is 11.2. The summed E-state index contributed by atoms with van der Waals surface area (Å²) in [4.78, 5) is 0. The molecule has 0 saturated carbocycles.